The second-order valence-electron chi connectivity index (χ2n) is 5.57. The third kappa shape index (κ3) is 5.56. The third-order valence-corrected chi connectivity index (χ3v) is 4.06. The molecule has 148 valence electrons. The summed E-state index contributed by atoms with van der Waals surface area (Å²) in [5.74, 6) is 0.331. The van der Waals surface area contributed by atoms with Crippen LogP contribution in [-0.4, -0.2) is 29.0 Å². The molecule has 0 aliphatic rings. The van der Waals surface area contributed by atoms with Gasteiger partial charge in [-0.3, -0.25) is 10.1 Å². The second-order valence-corrected chi connectivity index (χ2v) is 6.41. The average Bonchev–Trinajstić information content (AvgIpc) is 2.71. The van der Waals surface area contributed by atoms with Gasteiger partial charge in [-0.1, -0.05) is 23.2 Å². The Morgan fingerprint density at radius 2 is 1.69 bits per heavy atom. The van der Waals surface area contributed by atoms with Crippen molar-refractivity contribution in [3.63, 3.8) is 0 Å². The Hall–Kier alpha value is -3.36. The molecular weight excluding hydrogens is 419 g/mol. The van der Waals surface area contributed by atoms with Crippen LogP contribution in [0, 0.1) is 0 Å². The number of ether oxygens (including phenoxy) is 2. The molecule has 0 saturated heterocycles. The summed E-state index contributed by atoms with van der Waals surface area (Å²) in [6.07, 6.45) is 2.77. The number of amides is 3. The molecule has 0 atom stereocenters. The van der Waals surface area contributed by atoms with Crippen LogP contribution >= 0.6 is 23.2 Å². The summed E-state index contributed by atoms with van der Waals surface area (Å²) in [5, 5.41) is 5.33. The maximum absolute atomic E-state index is 12.1. The normalized spacial score (nSPS) is 10.2. The van der Waals surface area contributed by atoms with Gasteiger partial charge in [0.25, 0.3) is 5.91 Å². The summed E-state index contributed by atoms with van der Waals surface area (Å²) >= 11 is 11.9. The highest BCUT2D eigenvalue weighted by atomic mass is 35.5. The van der Waals surface area contributed by atoms with Gasteiger partial charge in [0.15, 0.2) is 0 Å². The lowest BCUT2D eigenvalue weighted by Gasteiger charge is -2.10. The summed E-state index contributed by atoms with van der Waals surface area (Å²) < 4.78 is 10.5. The minimum Gasteiger partial charge on any atom is -0.497 e. The van der Waals surface area contributed by atoms with Crippen molar-refractivity contribution in [2.45, 2.75) is 0 Å². The van der Waals surface area contributed by atoms with Crippen LogP contribution in [0.5, 0.6) is 17.5 Å². The van der Waals surface area contributed by atoms with Crippen molar-refractivity contribution < 1.29 is 19.1 Å². The molecule has 0 fully saturated rings. The van der Waals surface area contributed by atoms with Crippen LogP contribution in [0.2, 0.25) is 10.0 Å². The first kappa shape index (κ1) is 20.4. The first-order valence-corrected chi connectivity index (χ1v) is 8.91. The number of nitrogens with zero attached hydrogens (tertiary/aromatic N) is 2. The molecule has 2 N–H and O–H groups in total. The number of benzene rings is 2. The number of hydrogen-bond acceptors (Lipinski definition) is 6. The van der Waals surface area contributed by atoms with Gasteiger partial charge in [0, 0.05) is 11.3 Å². The highest BCUT2D eigenvalue weighted by molar-refractivity contribution is 6.32. The number of aromatic nitrogens is 2. The molecule has 8 nitrogen and oxygen atoms in total. The fraction of sp³-hybridized carbons (Fsp3) is 0.0526. The molecule has 0 aliphatic carbocycles. The summed E-state index contributed by atoms with van der Waals surface area (Å²) in [7, 11) is 1.52. The van der Waals surface area contributed by atoms with E-state index < -0.39 is 11.9 Å². The highest BCUT2D eigenvalue weighted by Gasteiger charge is 2.12. The molecule has 2 aromatic carbocycles. The number of urea groups is 1. The standard InChI is InChI=1S/C19H14Cl2N4O4/c1-28-14-5-2-11(3-6-14)17(26)25-18(27)24-13-4-7-16(15(21)8-13)29-19-22-9-12(20)10-23-19/h2-10H,1H3,(H2,24,25,26,27). The fourth-order valence-electron chi connectivity index (χ4n) is 2.19. The van der Waals surface area contributed by atoms with Crippen LogP contribution in [0.25, 0.3) is 0 Å². The maximum atomic E-state index is 12.1. The van der Waals surface area contributed by atoms with Gasteiger partial charge in [0.1, 0.15) is 11.5 Å². The van der Waals surface area contributed by atoms with Gasteiger partial charge < -0.3 is 14.8 Å². The van der Waals surface area contributed by atoms with Crippen molar-refractivity contribution in [1.82, 2.24) is 15.3 Å². The zero-order valence-corrected chi connectivity index (χ0v) is 16.5. The molecule has 0 aliphatic heterocycles. The molecule has 0 bridgehead atoms. The van der Waals surface area contributed by atoms with E-state index in [9.17, 15) is 9.59 Å². The van der Waals surface area contributed by atoms with Gasteiger partial charge in [-0.15, -0.1) is 0 Å². The number of hydrogen-bond donors (Lipinski definition) is 2. The summed E-state index contributed by atoms with van der Waals surface area (Å²) in [5.41, 5.74) is 0.671. The van der Waals surface area contributed by atoms with Crippen molar-refractivity contribution in [1.29, 1.82) is 0 Å². The highest BCUT2D eigenvalue weighted by Crippen LogP contribution is 2.30. The smallest absolute Gasteiger partial charge is 0.326 e. The second kappa shape index (κ2) is 9.22. The molecular formula is C19H14Cl2N4O4. The van der Waals surface area contributed by atoms with E-state index >= 15 is 0 Å². The Morgan fingerprint density at radius 3 is 2.31 bits per heavy atom. The lowest BCUT2D eigenvalue weighted by molar-refractivity contribution is 0.0967. The van der Waals surface area contributed by atoms with Gasteiger partial charge in [-0.05, 0) is 42.5 Å². The zero-order chi connectivity index (χ0) is 20.8. The van der Waals surface area contributed by atoms with E-state index in [1.807, 2.05) is 0 Å². The molecule has 29 heavy (non-hydrogen) atoms. The Bertz CT molecular complexity index is 1030. The van der Waals surface area contributed by atoms with Gasteiger partial charge in [-0.25, -0.2) is 14.8 Å². The van der Waals surface area contributed by atoms with E-state index in [4.69, 9.17) is 32.7 Å². The lowest BCUT2D eigenvalue weighted by atomic mass is 10.2. The largest absolute Gasteiger partial charge is 0.497 e. The quantitative estimate of drug-likeness (QED) is 0.612. The number of anilines is 1. The summed E-state index contributed by atoms with van der Waals surface area (Å²) in [6.45, 7) is 0. The van der Waals surface area contributed by atoms with Crippen LogP contribution in [0.3, 0.4) is 0 Å². The van der Waals surface area contributed by atoms with Crippen molar-refractivity contribution in [2.75, 3.05) is 12.4 Å². The third-order valence-electron chi connectivity index (χ3n) is 3.57. The number of halogens is 2. The fourth-order valence-corrected chi connectivity index (χ4v) is 2.51. The molecule has 0 unspecified atom stereocenters. The molecule has 0 saturated carbocycles. The van der Waals surface area contributed by atoms with Gasteiger partial charge in [0.2, 0.25) is 0 Å². The number of methoxy groups -OCH3 is 1. The molecule has 1 heterocycles. The minimum atomic E-state index is -0.711. The van der Waals surface area contributed by atoms with Crippen molar-refractivity contribution >= 4 is 40.8 Å². The summed E-state index contributed by atoms with van der Waals surface area (Å²) in [6, 6.07) is 10.2. The molecule has 3 aromatic rings. The van der Waals surface area contributed by atoms with E-state index in [2.05, 4.69) is 20.6 Å². The topological polar surface area (TPSA) is 102 Å². The SMILES string of the molecule is COc1ccc(C(=O)NC(=O)Nc2ccc(Oc3ncc(Cl)cn3)c(Cl)c2)cc1. The molecule has 0 radical (unpaired) electrons. The first-order chi connectivity index (χ1) is 13.9. The van der Waals surface area contributed by atoms with E-state index in [-0.39, 0.29) is 16.8 Å². The van der Waals surface area contributed by atoms with Crippen LogP contribution in [-0.2, 0) is 0 Å². The van der Waals surface area contributed by atoms with Crippen LogP contribution in [0.15, 0.2) is 54.9 Å². The first-order valence-electron chi connectivity index (χ1n) is 8.16. The van der Waals surface area contributed by atoms with Crippen molar-refractivity contribution in [3.05, 3.63) is 70.5 Å². The van der Waals surface area contributed by atoms with E-state index in [1.54, 1.807) is 30.3 Å². The van der Waals surface area contributed by atoms with Gasteiger partial charge in [-0.2, -0.15) is 0 Å². The number of carbonyl (C=O) groups excluding carboxylic acids is 2. The van der Waals surface area contributed by atoms with Crippen LogP contribution < -0.4 is 20.1 Å². The lowest BCUT2D eigenvalue weighted by Crippen LogP contribution is -2.34. The Labute approximate surface area is 175 Å². The molecule has 1 aromatic heterocycles. The summed E-state index contributed by atoms with van der Waals surface area (Å²) in [4.78, 5) is 32.0. The number of carbonyl (C=O) groups is 2. The zero-order valence-electron chi connectivity index (χ0n) is 15.0. The Morgan fingerprint density at radius 1 is 1.00 bits per heavy atom. The predicted molar refractivity (Wildman–Crippen MR) is 108 cm³/mol. The van der Waals surface area contributed by atoms with Crippen LogP contribution in [0.4, 0.5) is 10.5 Å². The Balaban J connectivity index is 1.60. The predicted octanol–water partition coefficient (Wildman–Crippen LogP) is 4.55. The van der Waals surface area contributed by atoms with Crippen LogP contribution in [0.1, 0.15) is 10.4 Å². The number of nitrogens with one attached hydrogen (secondary N) is 2. The van der Waals surface area contributed by atoms with E-state index in [0.717, 1.165) is 0 Å². The van der Waals surface area contributed by atoms with Gasteiger partial charge >= 0.3 is 12.0 Å². The molecule has 3 rings (SSSR count). The Kier molecular flexibility index (Phi) is 6.48. The number of rotatable bonds is 5. The van der Waals surface area contributed by atoms with Gasteiger partial charge in [0.05, 0.1) is 29.5 Å². The van der Waals surface area contributed by atoms with E-state index in [0.29, 0.717) is 22.0 Å². The monoisotopic (exact) mass is 432 g/mol. The van der Waals surface area contributed by atoms with E-state index in [1.165, 1.54) is 31.6 Å². The maximum Gasteiger partial charge on any atom is 0.326 e. The molecule has 10 heteroatoms. The van der Waals surface area contributed by atoms with Crippen molar-refractivity contribution in [3.8, 4) is 17.5 Å². The number of imide groups is 1. The molecule has 0 spiro atoms. The minimum absolute atomic E-state index is 0.0693. The van der Waals surface area contributed by atoms with Crippen molar-refractivity contribution in [2.24, 2.45) is 0 Å². The molecule has 3 amide bonds. The average molecular weight is 433 g/mol.